The third kappa shape index (κ3) is 6.24. The highest BCUT2D eigenvalue weighted by atomic mass is 32.2. The second-order valence-corrected chi connectivity index (χ2v) is 11.8. The summed E-state index contributed by atoms with van der Waals surface area (Å²) in [5, 5.41) is 7.65. The molecule has 1 amide bonds. The van der Waals surface area contributed by atoms with Crippen molar-refractivity contribution in [3.8, 4) is 17.0 Å². The highest BCUT2D eigenvalue weighted by molar-refractivity contribution is 7.98. The number of methoxy groups -OCH3 is 1. The summed E-state index contributed by atoms with van der Waals surface area (Å²) in [7, 11) is 9.81. The maximum atomic E-state index is 12.6. The van der Waals surface area contributed by atoms with Gasteiger partial charge in [-0.1, -0.05) is 24.3 Å². The number of aromatic nitrogens is 3. The number of aryl methyl sites for hydroxylation is 2. The lowest BCUT2D eigenvalue weighted by Gasteiger charge is -2.26. The Balaban J connectivity index is 1.59. The van der Waals surface area contributed by atoms with Gasteiger partial charge in [-0.15, -0.1) is 0 Å². The van der Waals surface area contributed by atoms with Crippen LogP contribution in [-0.2, 0) is 24.0 Å². The van der Waals surface area contributed by atoms with Crippen LogP contribution in [0.4, 0.5) is 23.0 Å². The smallest absolute Gasteiger partial charge is 0.248 e. The SMILES string of the molecule is C/C=C\C(=O)Nc1cc(Nc2nc3c(c(-c4cn(C)c5ccccc45)n2)CSCC3)c(OC)cc1N(C)CCN(C)C. The molecule has 1 aliphatic heterocycles. The molecule has 0 unspecified atom stereocenters. The number of para-hydroxylation sites is 1. The van der Waals surface area contributed by atoms with Gasteiger partial charge in [-0.05, 0) is 51.4 Å². The van der Waals surface area contributed by atoms with E-state index < -0.39 is 0 Å². The van der Waals surface area contributed by atoms with E-state index in [1.165, 1.54) is 17.0 Å². The number of carbonyl (C=O) groups is 1. The van der Waals surface area contributed by atoms with Crippen molar-refractivity contribution in [3.05, 3.63) is 66.0 Å². The fourth-order valence-electron chi connectivity index (χ4n) is 5.21. The summed E-state index contributed by atoms with van der Waals surface area (Å²) in [5.74, 6) is 2.84. The molecule has 0 fully saturated rings. The van der Waals surface area contributed by atoms with Gasteiger partial charge in [0.15, 0.2) is 0 Å². The van der Waals surface area contributed by atoms with E-state index in [1.807, 2.05) is 52.0 Å². The molecule has 4 aromatic rings. The van der Waals surface area contributed by atoms with Gasteiger partial charge in [-0.25, -0.2) is 9.97 Å². The van der Waals surface area contributed by atoms with E-state index in [2.05, 4.69) is 62.5 Å². The number of nitrogens with one attached hydrogen (secondary N) is 2. The van der Waals surface area contributed by atoms with Crippen LogP contribution in [0.15, 0.2) is 54.7 Å². The van der Waals surface area contributed by atoms with Gasteiger partial charge in [0.05, 0.1) is 35.6 Å². The van der Waals surface area contributed by atoms with Crippen molar-refractivity contribution in [2.45, 2.75) is 19.1 Å². The fourth-order valence-corrected chi connectivity index (χ4v) is 6.20. The lowest BCUT2D eigenvalue weighted by Crippen LogP contribution is -2.29. The molecule has 0 bridgehead atoms. The largest absolute Gasteiger partial charge is 0.494 e. The summed E-state index contributed by atoms with van der Waals surface area (Å²) in [5.41, 5.74) is 7.67. The van der Waals surface area contributed by atoms with Crippen LogP contribution in [0.25, 0.3) is 22.2 Å². The molecule has 1 aliphatic rings. The Morgan fingerprint density at radius 1 is 1.14 bits per heavy atom. The minimum absolute atomic E-state index is 0.198. The summed E-state index contributed by atoms with van der Waals surface area (Å²) in [6, 6.07) is 12.3. The second kappa shape index (κ2) is 12.9. The van der Waals surface area contributed by atoms with Gasteiger partial charge in [-0.3, -0.25) is 4.79 Å². The van der Waals surface area contributed by atoms with Gasteiger partial charge in [0.25, 0.3) is 0 Å². The zero-order valence-corrected chi connectivity index (χ0v) is 26.0. The van der Waals surface area contributed by atoms with Crippen LogP contribution >= 0.6 is 11.8 Å². The average molecular weight is 586 g/mol. The van der Waals surface area contributed by atoms with Crippen molar-refractivity contribution >= 4 is 51.6 Å². The number of allylic oxidation sites excluding steroid dienone is 1. The first-order valence-corrected chi connectivity index (χ1v) is 15.2. The molecule has 0 saturated heterocycles. The number of anilines is 4. The average Bonchev–Trinajstić information content (AvgIpc) is 3.32. The Morgan fingerprint density at radius 2 is 1.95 bits per heavy atom. The molecule has 220 valence electrons. The molecule has 42 heavy (non-hydrogen) atoms. The Hall–Kier alpha value is -4.02. The van der Waals surface area contributed by atoms with Gasteiger partial charge in [0, 0.05) is 67.2 Å². The van der Waals surface area contributed by atoms with Crippen molar-refractivity contribution in [3.63, 3.8) is 0 Å². The lowest BCUT2D eigenvalue weighted by molar-refractivity contribution is -0.111. The van der Waals surface area contributed by atoms with Crippen LogP contribution in [0.5, 0.6) is 5.75 Å². The van der Waals surface area contributed by atoms with Crippen molar-refractivity contribution < 1.29 is 9.53 Å². The molecule has 0 atom stereocenters. The minimum Gasteiger partial charge on any atom is -0.494 e. The number of fused-ring (bicyclic) bond motifs is 2. The molecule has 5 rings (SSSR count). The first-order valence-electron chi connectivity index (χ1n) is 14.1. The van der Waals surface area contributed by atoms with Gasteiger partial charge in [0.2, 0.25) is 11.9 Å². The van der Waals surface area contributed by atoms with E-state index in [0.717, 1.165) is 59.2 Å². The number of nitrogens with zero attached hydrogens (tertiary/aromatic N) is 5. The van der Waals surface area contributed by atoms with Gasteiger partial charge < -0.3 is 29.7 Å². The normalized spacial score (nSPS) is 13.0. The minimum atomic E-state index is -0.198. The maximum absolute atomic E-state index is 12.6. The second-order valence-electron chi connectivity index (χ2n) is 10.7. The first-order chi connectivity index (χ1) is 20.3. The Labute approximate surface area is 252 Å². The first kappa shape index (κ1) is 29.5. The third-order valence-corrected chi connectivity index (χ3v) is 8.39. The summed E-state index contributed by atoms with van der Waals surface area (Å²) in [6.07, 6.45) is 6.28. The molecule has 2 N–H and O–H groups in total. The standard InChI is InChI=1S/C32H39N7O2S/c1-7-10-30(40)33-25-17-26(29(41-6)18-28(25)38(4)15-14-37(2)3)35-32-34-24-13-16-42-20-23(24)31(36-32)22-19-39(5)27-12-9-8-11-21(22)27/h7-12,17-19H,13-16,20H2,1-6H3,(H,33,40)(H,34,35,36)/b10-7-. The number of likely N-dealkylation sites (N-methyl/N-ethyl adjacent to an activating group) is 2. The van der Waals surface area contributed by atoms with E-state index in [0.29, 0.717) is 23.1 Å². The molecule has 2 aromatic carbocycles. The zero-order valence-electron chi connectivity index (χ0n) is 25.2. The fraction of sp³-hybridized carbons (Fsp3) is 0.344. The summed E-state index contributed by atoms with van der Waals surface area (Å²) in [4.78, 5) is 27.0. The molecule has 0 saturated carbocycles. The molecular formula is C32H39N7O2S. The van der Waals surface area contributed by atoms with Crippen LogP contribution in [0.2, 0.25) is 0 Å². The van der Waals surface area contributed by atoms with Crippen LogP contribution in [0.1, 0.15) is 18.2 Å². The quantitative estimate of drug-likeness (QED) is 0.230. The number of hydrogen-bond acceptors (Lipinski definition) is 8. The predicted molar refractivity (Wildman–Crippen MR) is 175 cm³/mol. The number of rotatable bonds is 10. The van der Waals surface area contributed by atoms with Gasteiger partial charge >= 0.3 is 0 Å². The molecular weight excluding hydrogens is 546 g/mol. The van der Waals surface area contributed by atoms with Crippen molar-refractivity contribution in [2.24, 2.45) is 7.05 Å². The molecule has 10 heteroatoms. The number of thioether (sulfide) groups is 1. The monoisotopic (exact) mass is 585 g/mol. The van der Waals surface area contributed by atoms with E-state index >= 15 is 0 Å². The van der Waals surface area contributed by atoms with Crippen LogP contribution in [0, 0.1) is 0 Å². The Bertz CT molecular complexity index is 1630. The van der Waals surface area contributed by atoms with Crippen molar-refractivity contribution in [2.75, 3.05) is 62.6 Å². The molecule has 3 heterocycles. The Kier molecular flexibility index (Phi) is 9.03. The molecule has 2 aromatic heterocycles. The molecule has 9 nitrogen and oxygen atoms in total. The number of carbonyl (C=O) groups excluding carboxylic acids is 1. The van der Waals surface area contributed by atoms with Crippen LogP contribution < -0.4 is 20.3 Å². The number of amides is 1. The van der Waals surface area contributed by atoms with E-state index in [1.54, 1.807) is 13.2 Å². The lowest BCUT2D eigenvalue weighted by atomic mass is 10.0. The van der Waals surface area contributed by atoms with Gasteiger partial charge in [-0.2, -0.15) is 11.8 Å². The third-order valence-electron chi connectivity index (χ3n) is 7.41. The number of hydrogen-bond donors (Lipinski definition) is 2. The topological polar surface area (TPSA) is 87.5 Å². The van der Waals surface area contributed by atoms with E-state index in [-0.39, 0.29) is 5.91 Å². The number of benzene rings is 2. The van der Waals surface area contributed by atoms with E-state index in [4.69, 9.17) is 14.7 Å². The van der Waals surface area contributed by atoms with Crippen LogP contribution in [-0.4, -0.2) is 72.4 Å². The summed E-state index contributed by atoms with van der Waals surface area (Å²) < 4.78 is 7.99. The molecule has 0 spiro atoms. The molecule has 0 aliphatic carbocycles. The Morgan fingerprint density at radius 3 is 2.71 bits per heavy atom. The molecule has 0 radical (unpaired) electrons. The van der Waals surface area contributed by atoms with Gasteiger partial charge in [0.1, 0.15) is 5.75 Å². The predicted octanol–water partition coefficient (Wildman–Crippen LogP) is 5.69. The summed E-state index contributed by atoms with van der Waals surface area (Å²) >= 11 is 1.92. The summed E-state index contributed by atoms with van der Waals surface area (Å²) in [6.45, 7) is 3.46. The van der Waals surface area contributed by atoms with Crippen molar-refractivity contribution in [1.29, 1.82) is 0 Å². The van der Waals surface area contributed by atoms with Crippen LogP contribution in [0.3, 0.4) is 0 Å². The zero-order chi connectivity index (χ0) is 29.8. The van der Waals surface area contributed by atoms with Crippen molar-refractivity contribution in [1.82, 2.24) is 19.4 Å². The highest BCUT2D eigenvalue weighted by Gasteiger charge is 2.23. The maximum Gasteiger partial charge on any atom is 0.248 e. The number of ether oxygens (including phenoxy) is 1. The van der Waals surface area contributed by atoms with E-state index in [9.17, 15) is 4.79 Å². The highest BCUT2D eigenvalue weighted by Crippen LogP contribution is 2.40.